The SMILES string of the molecule is COc1ccc2cc(C(C(C)=O)C3CCN(Cc4ccccc4)CC3)[nH]c2c1. The van der Waals surface area contributed by atoms with Gasteiger partial charge in [-0.25, -0.2) is 0 Å². The maximum absolute atomic E-state index is 12.6. The van der Waals surface area contributed by atoms with Crippen molar-refractivity contribution in [3.05, 3.63) is 65.9 Å². The number of benzene rings is 2. The van der Waals surface area contributed by atoms with Crippen LogP contribution in [0.4, 0.5) is 0 Å². The fraction of sp³-hybridized carbons (Fsp3) is 0.375. The maximum Gasteiger partial charge on any atom is 0.139 e. The van der Waals surface area contributed by atoms with Crippen molar-refractivity contribution in [1.29, 1.82) is 0 Å². The van der Waals surface area contributed by atoms with Gasteiger partial charge in [0, 0.05) is 23.8 Å². The summed E-state index contributed by atoms with van der Waals surface area (Å²) in [5.41, 5.74) is 3.42. The molecule has 0 amide bonds. The van der Waals surface area contributed by atoms with E-state index in [-0.39, 0.29) is 11.7 Å². The summed E-state index contributed by atoms with van der Waals surface area (Å²) in [4.78, 5) is 18.5. The van der Waals surface area contributed by atoms with Crippen molar-refractivity contribution in [1.82, 2.24) is 9.88 Å². The fourth-order valence-electron chi connectivity index (χ4n) is 4.51. The summed E-state index contributed by atoms with van der Waals surface area (Å²) in [6.45, 7) is 4.80. The summed E-state index contributed by atoms with van der Waals surface area (Å²) in [7, 11) is 1.67. The lowest BCUT2D eigenvalue weighted by Gasteiger charge is -2.35. The molecule has 0 bridgehead atoms. The number of rotatable bonds is 6. The van der Waals surface area contributed by atoms with Crippen molar-refractivity contribution >= 4 is 16.7 Å². The van der Waals surface area contributed by atoms with Gasteiger partial charge in [-0.15, -0.1) is 0 Å². The second-order valence-electron chi connectivity index (χ2n) is 7.87. The van der Waals surface area contributed by atoms with E-state index in [2.05, 4.69) is 46.3 Å². The molecule has 1 aromatic heterocycles. The predicted octanol–water partition coefficient (Wildman–Crippen LogP) is 4.76. The predicted molar refractivity (Wildman–Crippen MR) is 113 cm³/mol. The number of nitrogens with zero attached hydrogens (tertiary/aromatic N) is 1. The van der Waals surface area contributed by atoms with Crippen LogP contribution in [0.15, 0.2) is 54.6 Å². The molecule has 4 nitrogen and oxygen atoms in total. The number of Topliss-reactive ketones (excluding diaryl/α,β-unsaturated/α-hetero) is 1. The number of ether oxygens (including phenoxy) is 1. The van der Waals surface area contributed by atoms with Gasteiger partial charge in [0.05, 0.1) is 13.0 Å². The van der Waals surface area contributed by atoms with Crippen LogP contribution >= 0.6 is 0 Å². The standard InChI is InChI=1S/C24H28N2O2/c1-17(27)24(23-14-20-8-9-21(28-2)15-22(20)25-23)19-10-12-26(13-11-19)16-18-6-4-3-5-7-18/h3-9,14-15,19,24-25H,10-13,16H2,1-2H3. The number of methoxy groups -OCH3 is 1. The molecule has 4 rings (SSSR count). The van der Waals surface area contributed by atoms with Crippen LogP contribution < -0.4 is 4.74 Å². The van der Waals surface area contributed by atoms with Crippen LogP contribution in [0.2, 0.25) is 0 Å². The normalized spacial score (nSPS) is 16.9. The maximum atomic E-state index is 12.6. The van der Waals surface area contributed by atoms with Gasteiger partial charge >= 0.3 is 0 Å². The van der Waals surface area contributed by atoms with E-state index in [1.165, 1.54) is 5.56 Å². The molecule has 1 N–H and O–H groups in total. The first-order valence-electron chi connectivity index (χ1n) is 10.1. The van der Waals surface area contributed by atoms with Crippen LogP contribution in [0.5, 0.6) is 5.75 Å². The molecule has 1 unspecified atom stereocenters. The molecular weight excluding hydrogens is 348 g/mol. The Morgan fingerprint density at radius 2 is 1.89 bits per heavy atom. The van der Waals surface area contributed by atoms with Gasteiger partial charge in [-0.3, -0.25) is 9.69 Å². The minimum absolute atomic E-state index is 0.0581. The van der Waals surface area contributed by atoms with Crippen molar-refractivity contribution in [2.45, 2.75) is 32.2 Å². The van der Waals surface area contributed by atoms with Crippen molar-refractivity contribution < 1.29 is 9.53 Å². The van der Waals surface area contributed by atoms with Crippen molar-refractivity contribution in [3.63, 3.8) is 0 Å². The number of aromatic amines is 1. The Bertz CT molecular complexity index is 940. The average molecular weight is 377 g/mol. The highest BCUT2D eigenvalue weighted by atomic mass is 16.5. The molecule has 1 aliphatic rings. The molecule has 0 saturated carbocycles. The first-order valence-corrected chi connectivity index (χ1v) is 10.1. The summed E-state index contributed by atoms with van der Waals surface area (Å²) in [5.74, 6) is 1.41. The number of carbonyl (C=O) groups excluding carboxylic acids is 1. The summed E-state index contributed by atoms with van der Waals surface area (Å²) in [6.07, 6.45) is 2.10. The summed E-state index contributed by atoms with van der Waals surface area (Å²) >= 11 is 0. The first-order chi connectivity index (χ1) is 13.6. The molecule has 2 heterocycles. The summed E-state index contributed by atoms with van der Waals surface area (Å²) in [5, 5.41) is 1.13. The topological polar surface area (TPSA) is 45.3 Å². The first kappa shape index (κ1) is 18.8. The highest BCUT2D eigenvalue weighted by Gasteiger charge is 2.31. The molecule has 0 spiro atoms. The Labute approximate surface area is 166 Å². The van der Waals surface area contributed by atoms with Crippen LogP contribution in [-0.2, 0) is 11.3 Å². The van der Waals surface area contributed by atoms with E-state index in [1.807, 2.05) is 18.2 Å². The number of fused-ring (bicyclic) bond motifs is 1. The second-order valence-corrected chi connectivity index (χ2v) is 7.87. The average Bonchev–Trinajstić information content (AvgIpc) is 3.12. The Balaban J connectivity index is 1.48. The Hall–Kier alpha value is -2.59. The lowest BCUT2D eigenvalue weighted by Crippen LogP contribution is -2.36. The van der Waals surface area contributed by atoms with Crippen molar-refractivity contribution in [2.75, 3.05) is 20.2 Å². The van der Waals surface area contributed by atoms with E-state index in [0.717, 1.165) is 54.8 Å². The van der Waals surface area contributed by atoms with Crippen LogP contribution in [0.25, 0.3) is 10.9 Å². The molecule has 1 fully saturated rings. The van der Waals surface area contributed by atoms with Gasteiger partial charge in [0.2, 0.25) is 0 Å². The van der Waals surface area contributed by atoms with Crippen LogP contribution in [-0.4, -0.2) is 35.9 Å². The number of nitrogens with one attached hydrogen (secondary N) is 1. The lowest BCUT2D eigenvalue weighted by atomic mass is 9.80. The van der Waals surface area contributed by atoms with Gasteiger partial charge in [0.25, 0.3) is 0 Å². The Kier molecular flexibility index (Phi) is 5.49. The van der Waals surface area contributed by atoms with Gasteiger partial charge in [0.1, 0.15) is 11.5 Å². The Morgan fingerprint density at radius 1 is 1.14 bits per heavy atom. The molecule has 4 heteroatoms. The van der Waals surface area contributed by atoms with Gasteiger partial charge in [-0.2, -0.15) is 0 Å². The summed E-state index contributed by atoms with van der Waals surface area (Å²) < 4.78 is 5.32. The molecule has 1 aliphatic heterocycles. The highest BCUT2D eigenvalue weighted by molar-refractivity contribution is 5.87. The molecule has 0 aliphatic carbocycles. The third-order valence-electron chi connectivity index (χ3n) is 5.98. The second kappa shape index (κ2) is 8.19. The third-order valence-corrected chi connectivity index (χ3v) is 5.98. The molecule has 28 heavy (non-hydrogen) atoms. The number of hydrogen-bond acceptors (Lipinski definition) is 3. The zero-order chi connectivity index (χ0) is 19.5. The highest BCUT2D eigenvalue weighted by Crippen LogP contribution is 2.35. The Morgan fingerprint density at radius 3 is 2.57 bits per heavy atom. The minimum Gasteiger partial charge on any atom is -0.497 e. The van der Waals surface area contributed by atoms with Crippen molar-refractivity contribution in [3.8, 4) is 5.75 Å². The molecule has 2 aromatic carbocycles. The quantitative estimate of drug-likeness (QED) is 0.674. The lowest BCUT2D eigenvalue weighted by molar-refractivity contribution is -0.120. The third kappa shape index (κ3) is 3.97. The smallest absolute Gasteiger partial charge is 0.139 e. The molecule has 3 aromatic rings. The van der Waals surface area contributed by atoms with E-state index < -0.39 is 0 Å². The van der Waals surface area contributed by atoms with Crippen LogP contribution in [0.1, 0.15) is 36.9 Å². The van der Waals surface area contributed by atoms with Gasteiger partial charge in [-0.1, -0.05) is 30.3 Å². The largest absolute Gasteiger partial charge is 0.497 e. The van der Waals surface area contributed by atoms with Gasteiger partial charge in [0.15, 0.2) is 0 Å². The number of likely N-dealkylation sites (tertiary alicyclic amines) is 1. The molecule has 0 radical (unpaired) electrons. The van der Waals surface area contributed by atoms with E-state index in [0.29, 0.717) is 5.92 Å². The van der Waals surface area contributed by atoms with E-state index in [9.17, 15) is 4.79 Å². The van der Waals surface area contributed by atoms with Gasteiger partial charge in [-0.05, 0) is 67.9 Å². The van der Waals surface area contributed by atoms with Crippen LogP contribution in [0.3, 0.4) is 0 Å². The zero-order valence-electron chi connectivity index (χ0n) is 16.7. The van der Waals surface area contributed by atoms with E-state index in [4.69, 9.17) is 4.74 Å². The molecule has 146 valence electrons. The van der Waals surface area contributed by atoms with E-state index >= 15 is 0 Å². The number of hydrogen-bond donors (Lipinski definition) is 1. The molecule has 1 saturated heterocycles. The summed E-state index contributed by atoms with van der Waals surface area (Å²) in [6, 6.07) is 18.8. The zero-order valence-corrected chi connectivity index (χ0v) is 16.7. The monoisotopic (exact) mass is 376 g/mol. The number of aromatic nitrogens is 1. The molecular formula is C24H28N2O2. The number of H-pyrrole nitrogens is 1. The fourth-order valence-corrected chi connectivity index (χ4v) is 4.51. The molecule has 1 atom stereocenters. The van der Waals surface area contributed by atoms with Gasteiger partial charge < -0.3 is 9.72 Å². The van der Waals surface area contributed by atoms with E-state index in [1.54, 1.807) is 14.0 Å². The number of ketones is 1. The number of piperidine rings is 1. The minimum atomic E-state index is -0.0581. The van der Waals surface area contributed by atoms with Crippen LogP contribution in [0, 0.1) is 5.92 Å². The number of carbonyl (C=O) groups is 1. The van der Waals surface area contributed by atoms with Crippen molar-refractivity contribution in [2.24, 2.45) is 5.92 Å².